The predicted molar refractivity (Wildman–Crippen MR) is 42.1 cm³/mol. The Hall–Kier alpha value is -0.0800. The molecule has 0 amide bonds. The summed E-state index contributed by atoms with van der Waals surface area (Å²) in [7, 11) is 0. The number of nitrogens with one attached hydrogen (secondary N) is 1. The van der Waals surface area contributed by atoms with Crippen LogP contribution in [-0.4, -0.2) is 37.1 Å². The quantitative estimate of drug-likeness (QED) is 0.560. The third-order valence-electron chi connectivity index (χ3n) is 2.43. The minimum absolute atomic E-state index is 0.816. The van der Waals surface area contributed by atoms with Gasteiger partial charge in [0.1, 0.15) is 0 Å². The van der Waals surface area contributed by atoms with Crippen molar-refractivity contribution >= 4 is 0 Å². The minimum Gasteiger partial charge on any atom is -0.313 e. The molecular weight excluding hydrogens is 124 g/mol. The molecule has 2 aliphatic heterocycles. The zero-order chi connectivity index (χ0) is 6.81. The summed E-state index contributed by atoms with van der Waals surface area (Å²) < 4.78 is 0. The molecule has 0 radical (unpaired) electrons. The van der Waals surface area contributed by atoms with Gasteiger partial charge in [-0.2, -0.15) is 0 Å². The molecule has 2 rings (SSSR count). The highest BCUT2D eigenvalue weighted by Crippen LogP contribution is 2.11. The topological polar surface area (TPSA) is 15.0 Å². The normalized spacial score (nSPS) is 34.2. The van der Waals surface area contributed by atoms with Crippen molar-refractivity contribution < 1.29 is 0 Å². The first-order valence-electron chi connectivity index (χ1n) is 4.41. The second kappa shape index (κ2) is 2.89. The van der Waals surface area contributed by atoms with Crippen LogP contribution in [0.3, 0.4) is 0 Å². The first-order chi connectivity index (χ1) is 4.95. The number of hydrogen-bond donors (Lipinski definition) is 1. The Bertz CT molecular complexity index is 104. The fourth-order valence-corrected chi connectivity index (χ4v) is 1.64. The number of hydrogen-bond acceptors (Lipinski definition) is 2. The summed E-state index contributed by atoms with van der Waals surface area (Å²) in [6.07, 6.45) is 4.22. The van der Waals surface area contributed by atoms with E-state index in [0.717, 1.165) is 6.04 Å². The summed E-state index contributed by atoms with van der Waals surface area (Å²) in [4.78, 5) is 2.50. The molecular formula is C8H16N2. The van der Waals surface area contributed by atoms with Crippen LogP contribution in [0.2, 0.25) is 0 Å². The third kappa shape index (κ3) is 1.70. The SMILES string of the molecule is C1CCC(CN2CC2)NC1. The van der Waals surface area contributed by atoms with Gasteiger partial charge in [0.15, 0.2) is 0 Å². The lowest BCUT2D eigenvalue weighted by atomic mass is 10.1. The van der Waals surface area contributed by atoms with E-state index in [4.69, 9.17) is 0 Å². The largest absolute Gasteiger partial charge is 0.313 e. The molecule has 2 fully saturated rings. The van der Waals surface area contributed by atoms with Gasteiger partial charge in [0.25, 0.3) is 0 Å². The van der Waals surface area contributed by atoms with E-state index in [1.54, 1.807) is 0 Å². The molecule has 0 aliphatic carbocycles. The molecule has 0 aromatic carbocycles. The first-order valence-corrected chi connectivity index (χ1v) is 4.41. The van der Waals surface area contributed by atoms with Crippen molar-refractivity contribution in [2.45, 2.75) is 25.3 Å². The maximum absolute atomic E-state index is 3.55. The van der Waals surface area contributed by atoms with E-state index in [-0.39, 0.29) is 0 Å². The summed E-state index contributed by atoms with van der Waals surface area (Å²) in [5.41, 5.74) is 0. The van der Waals surface area contributed by atoms with Crippen LogP contribution in [-0.2, 0) is 0 Å². The third-order valence-corrected chi connectivity index (χ3v) is 2.43. The average molecular weight is 140 g/mol. The summed E-state index contributed by atoms with van der Waals surface area (Å²) >= 11 is 0. The van der Waals surface area contributed by atoms with Crippen molar-refractivity contribution in [3.05, 3.63) is 0 Å². The van der Waals surface area contributed by atoms with Gasteiger partial charge >= 0.3 is 0 Å². The van der Waals surface area contributed by atoms with Gasteiger partial charge in [-0.3, -0.25) is 4.90 Å². The van der Waals surface area contributed by atoms with Crippen LogP contribution in [0, 0.1) is 0 Å². The summed E-state index contributed by atoms with van der Waals surface area (Å²) in [5.74, 6) is 0. The summed E-state index contributed by atoms with van der Waals surface area (Å²) in [6.45, 7) is 5.24. The van der Waals surface area contributed by atoms with E-state index in [2.05, 4.69) is 10.2 Å². The van der Waals surface area contributed by atoms with Crippen molar-refractivity contribution in [3.8, 4) is 0 Å². The second-order valence-corrected chi connectivity index (χ2v) is 3.45. The molecule has 2 saturated heterocycles. The zero-order valence-corrected chi connectivity index (χ0v) is 6.47. The van der Waals surface area contributed by atoms with Gasteiger partial charge in [-0.25, -0.2) is 0 Å². The van der Waals surface area contributed by atoms with Gasteiger partial charge in [0.05, 0.1) is 0 Å². The molecule has 1 unspecified atom stereocenters. The van der Waals surface area contributed by atoms with E-state index < -0.39 is 0 Å². The van der Waals surface area contributed by atoms with E-state index >= 15 is 0 Å². The van der Waals surface area contributed by atoms with Crippen LogP contribution in [0.5, 0.6) is 0 Å². The highest BCUT2D eigenvalue weighted by molar-refractivity contribution is 4.81. The zero-order valence-electron chi connectivity index (χ0n) is 6.47. The minimum atomic E-state index is 0.816. The van der Waals surface area contributed by atoms with Crippen LogP contribution < -0.4 is 5.32 Å². The molecule has 0 aromatic heterocycles. The smallest absolute Gasteiger partial charge is 0.0195 e. The van der Waals surface area contributed by atoms with Crippen LogP contribution in [0.25, 0.3) is 0 Å². The Morgan fingerprint density at radius 1 is 1.30 bits per heavy atom. The van der Waals surface area contributed by atoms with E-state index in [1.165, 1.54) is 45.4 Å². The molecule has 1 atom stereocenters. The molecule has 2 heterocycles. The molecule has 0 bridgehead atoms. The van der Waals surface area contributed by atoms with Gasteiger partial charge in [0, 0.05) is 25.7 Å². The van der Waals surface area contributed by atoms with Crippen molar-refractivity contribution in [1.82, 2.24) is 10.2 Å². The van der Waals surface area contributed by atoms with Gasteiger partial charge in [-0.1, -0.05) is 6.42 Å². The summed E-state index contributed by atoms with van der Waals surface area (Å²) in [5, 5.41) is 3.55. The molecule has 0 spiro atoms. The van der Waals surface area contributed by atoms with Gasteiger partial charge < -0.3 is 5.32 Å². The molecule has 2 heteroatoms. The van der Waals surface area contributed by atoms with Crippen LogP contribution in [0.1, 0.15) is 19.3 Å². The molecule has 2 nitrogen and oxygen atoms in total. The lowest BCUT2D eigenvalue weighted by molar-refractivity contribution is 0.348. The molecule has 0 aromatic rings. The van der Waals surface area contributed by atoms with Crippen LogP contribution >= 0.6 is 0 Å². The maximum Gasteiger partial charge on any atom is 0.0195 e. The van der Waals surface area contributed by atoms with E-state index in [1.807, 2.05) is 0 Å². The maximum atomic E-state index is 3.55. The number of piperidine rings is 1. The van der Waals surface area contributed by atoms with Crippen molar-refractivity contribution in [2.75, 3.05) is 26.2 Å². The molecule has 1 N–H and O–H groups in total. The summed E-state index contributed by atoms with van der Waals surface area (Å²) in [6, 6.07) is 0.816. The average Bonchev–Trinajstić information content (AvgIpc) is 2.74. The van der Waals surface area contributed by atoms with E-state index in [0.29, 0.717) is 0 Å². The van der Waals surface area contributed by atoms with Crippen molar-refractivity contribution in [2.24, 2.45) is 0 Å². The van der Waals surface area contributed by atoms with E-state index in [9.17, 15) is 0 Å². The van der Waals surface area contributed by atoms with Crippen LogP contribution in [0.15, 0.2) is 0 Å². The second-order valence-electron chi connectivity index (χ2n) is 3.45. The number of nitrogens with zero attached hydrogens (tertiary/aromatic N) is 1. The molecule has 10 heavy (non-hydrogen) atoms. The fourth-order valence-electron chi connectivity index (χ4n) is 1.64. The van der Waals surface area contributed by atoms with Gasteiger partial charge in [-0.05, 0) is 19.4 Å². The first kappa shape index (κ1) is 6.62. The number of rotatable bonds is 2. The molecule has 2 aliphatic rings. The highest BCUT2D eigenvalue weighted by atomic mass is 15.3. The monoisotopic (exact) mass is 140 g/mol. The molecule has 58 valence electrons. The lowest BCUT2D eigenvalue weighted by Crippen LogP contribution is -2.39. The van der Waals surface area contributed by atoms with Gasteiger partial charge in [-0.15, -0.1) is 0 Å². The van der Waals surface area contributed by atoms with Crippen LogP contribution in [0.4, 0.5) is 0 Å². The standard InChI is InChI=1S/C8H16N2/c1-2-4-9-8(3-1)7-10-5-6-10/h8-9H,1-7H2. The Kier molecular flexibility index (Phi) is 1.91. The lowest BCUT2D eigenvalue weighted by Gasteiger charge is -2.23. The fraction of sp³-hybridized carbons (Fsp3) is 1.00. The van der Waals surface area contributed by atoms with Gasteiger partial charge in [0.2, 0.25) is 0 Å². The molecule has 0 saturated carbocycles. The van der Waals surface area contributed by atoms with Crippen molar-refractivity contribution in [3.63, 3.8) is 0 Å². The highest BCUT2D eigenvalue weighted by Gasteiger charge is 2.22. The predicted octanol–water partition coefficient (Wildman–Crippen LogP) is 0.444. The Morgan fingerprint density at radius 3 is 2.80 bits per heavy atom. The Labute approximate surface area is 62.6 Å². The van der Waals surface area contributed by atoms with Crippen molar-refractivity contribution in [1.29, 1.82) is 0 Å². The Morgan fingerprint density at radius 2 is 2.20 bits per heavy atom. The Balaban J connectivity index is 1.69.